The summed E-state index contributed by atoms with van der Waals surface area (Å²) in [5, 5.41) is 17.2. The normalized spacial score (nSPS) is 17.3. The molecule has 2 unspecified atom stereocenters. The lowest BCUT2D eigenvalue weighted by Gasteiger charge is -2.13. The molecule has 0 rings (SSSR count). The minimum absolute atomic E-state index is 0.606. The van der Waals surface area contributed by atoms with Crippen LogP contribution in [0.4, 0.5) is 0 Å². The zero-order chi connectivity index (χ0) is 9.78. The Labute approximate surface area is 71.1 Å². The first-order valence-electron chi connectivity index (χ1n) is 3.30. The number of aliphatic hydroxyl groups is 2. The van der Waals surface area contributed by atoms with Crippen LogP contribution in [0.15, 0.2) is 0 Å². The molecular weight excluding hydrogens is 186 g/mol. The van der Waals surface area contributed by atoms with E-state index in [4.69, 9.17) is 15.9 Å². The van der Waals surface area contributed by atoms with E-state index in [1.54, 1.807) is 0 Å². The lowest BCUT2D eigenvalue weighted by atomic mass is 10.2. The predicted octanol–water partition coefficient (Wildman–Crippen LogP) is -2.01. The highest BCUT2D eigenvalue weighted by molar-refractivity contribution is 7.86. The van der Waals surface area contributed by atoms with Gasteiger partial charge in [0.1, 0.15) is 5.75 Å². The average molecular weight is 199 g/mol. The van der Waals surface area contributed by atoms with Crippen LogP contribution in [-0.4, -0.2) is 43.3 Å². The molecule has 7 heteroatoms. The Bertz CT molecular complexity index is 212. The molecule has 0 aliphatic rings. The molecule has 0 aliphatic heterocycles. The molecular formula is C5H13NO5S. The molecule has 0 aromatic carbocycles. The summed E-state index contributed by atoms with van der Waals surface area (Å²) >= 11 is 0. The zero-order valence-corrected chi connectivity index (χ0v) is 7.49. The Morgan fingerprint density at radius 3 is 2.42 bits per heavy atom. The van der Waals surface area contributed by atoms with E-state index in [-0.39, 0.29) is 0 Å². The Morgan fingerprint density at radius 2 is 2.08 bits per heavy atom. The average Bonchev–Trinajstić information content (AvgIpc) is 1.85. The highest BCUT2D eigenvalue weighted by atomic mass is 32.2. The van der Waals surface area contributed by atoms with Gasteiger partial charge in [-0.3, -0.25) is 0 Å². The third-order valence-electron chi connectivity index (χ3n) is 1.21. The first-order valence-corrected chi connectivity index (χ1v) is 4.88. The fourth-order valence-corrected chi connectivity index (χ4v) is 1.47. The van der Waals surface area contributed by atoms with Crippen LogP contribution >= 0.6 is 0 Å². The third-order valence-corrected chi connectivity index (χ3v) is 2.43. The quantitative estimate of drug-likeness (QED) is 0.348. The van der Waals surface area contributed by atoms with E-state index < -0.39 is 34.8 Å². The van der Waals surface area contributed by atoms with Crippen LogP contribution in [0.1, 0.15) is 6.92 Å². The lowest BCUT2D eigenvalue weighted by Crippen LogP contribution is -2.37. The molecule has 4 N–H and O–H groups in total. The Morgan fingerprint density at radius 1 is 1.58 bits per heavy atom. The molecule has 12 heavy (non-hydrogen) atoms. The highest BCUT2D eigenvalue weighted by Crippen LogP contribution is 1.98. The predicted molar refractivity (Wildman–Crippen MR) is 41.6 cm³/mol. The molecule has 0 spiro atoms. The maximum atomic E-state index is 10.7. The number of rotatable bonds is 5. The van der Waals surface area contributed by atoms with Gasteiger partial charge in [-0.15, -0.1) is 0 Å². The van der Waals surface area contributed by atoms with Crippen molar-refractivity contribution in [3.8, 4) is 0 Å². The summed E-state index contributed by atoms with van der Waals surface area (Å²) in [7, 11) is -3.86. The summed E-state index contributed by atoms with van der Waals surface area (Å²) < 4.78 is 25.5. The van der Waals surface area contributed by atoms with Crippen LogP contribution in [-0.2, 0) is 14.3 Å². The maximum Gasteiger partial charge on any atom is 0.272 e. The topological polar surface area (TPSA) is 110 Å². The maximum absolute atomic E-state index is 10.7. The van der Waals surface area contributed by atoms with E-state index in [2.05, 4.69) is 4.18 Å². The standard InChI is InChI=1S/C5H13NO5S/c1-4(6)5(8)2-12(9,10)11-3-7/h4-5,7-8H,2-3,6H2,1H3. The van der Waals surface area contributed by atoms with Gasteiger partial charge in [0, 0.05) is 6.04 Å². The minimum Gasteiger partial charge on any atom is -0.390 e. The van der Waals surface area contributed by atoms with Crippen LogP contribution in [0.25, 0.3) is 0 Å². The van der Waals surface area contributed by atoms with Crippen LogP contribution in [0, 0.1) is 0 Å². The highest BCUT2D eigenvalue weighted by Gasteiger charge is 2.20. The molecule has 0 saturated heterocycles. The number of hydrogen-bond donors (Lipinski definition) is 3. The van der Waals surface area contributed by atoms with Crippen molar-refractivity contribution in [2.45, 2.75) is 19.1 Å². The molecule has 0 amide bonds. The fraction of sp³-hybridized carbons (Fsp3) is 1.00. The first-order chi connectivity index (χ1) is 5.39. The summed E-state index contributed by atoms with van der Waals surface area (Å²) in [5.41, 5.74) is 5.21. The van der Waals surface area contributed by atoms with Crippen molar-refractivity contribution >= 4 is 10.1 Å². The van der Waals surface area contributed by atoms with Crippen molar-refractivity contribution in [3.63, 3.8) is 0 Å². The zero-order valence-electron chi connectivity index (χ0n) is 6.67. The monoisotopic (exact) mass is 199 g/mol. The van der Waals surface area contributed by atoms with Gasteiger partial charge in [-0.25, -0.2) is 4.18 Å². The molecule has 0 bridgehead atoms. The summed E-state index contributed by atoms with van der Waals surface area (Å²) in [5.74, 6) is -0.606. The van der Waals surface area contributed by atoms with Crippen molar-refractivity contribution in [1.29, 1.82) is 0 Å². The fourth-order valence-electron chi connectivity index (χ4n) is 0.489. The van der Waals surface area contributed by atoms with E-state index in [0.717, 1.165) is 0 Å². The van der Waals surface area contributed by atoms with Gasteiger partial charge in [0.2, 0.25) is 0 Å². The van der Waals surface area contributed by atoms with Crippen LogP contribution in [0.3, 0.4) is 0 Å². The van der Waals surface area contributed by atoms with Crippen LogP contribution < -0.4 is 5.73 Å². The van der Waals surface area contributed by atoms with E-state index in [1.807, 2.05) is 0 Å². The van der Waals surface area contributed by atoms with Gasteiger partial charge in [-0.05, 0) is 6.92 Å². The van der Waals surface area contributed by atoms with Gasteiger partial charge in [0.25, 0.3) is 10.1 Å². The summed E-state index contributed by atoms with van der Waals surface area (Å²) in [6.07, 6.45) is -1.18. The summed E-state index contributed by atoms with van der Waals surface area (Å²) in [6.45, 7) is 0.549. The van der Waals surface area contributed by atoms with Crippen molar-refractivity contribution in [1.82, 2.24) is 0 Å². The van der Waals surface area contributed by atoms with Gasteiger partial charge in [-0.1, -0.05) is 0 Å². The van der Waals surface area contributed by atoms with Crippen LogP contribution in [0.2, 0.25) is 0 Å². The first kappa shape index (κ1) is 11.8. The second kappa shape index (κ2) is 4.73. The molecule has 0 radical (unpaired) electrons. The summed E-state index contributed by atoms with van der Waals surface area (Å²) in [4.78, 5) is 0. The lowest BCUT2D eigenvalue weighted by molar-refractivity contribution is 0.100. The van der Waals surface area contributed by atoms with E-state index in [1.165, 1.54) is 6.92 Å². The van der Waals surface area contributed by atoms with Gasteiger partial charge >= 0.3 is 0 Å². The van der Waals surface area contributed by atoms with Crippen LogP contribution in [0.5, 0.6) is 0 Å². The molecule has 0 aromatic heterocycles. The Kier molecular flexibility index (Phi) is 4.64. The molecule has 6 nitrogen and oxygen atoms in total. The third kappa shape index (κ3) is 4.62. The number of nitrogens with two attached hydrogens (primary N) is 1. The van der Waals surface area contributed by atoms with Gasteiger partial charge in [-0.2, -0.15) is 8.42 Å². The molecule has 0 aromatic rings. The molecule has 0 saturated carbocycles. The van der Waals surface area contributed by atoms with Crippen molar-refractivity contribution in [3.05, 3.63) is 0 Å². The smallest absolute Gasteiger partial charge is 0.272 e. The van der Waals surface area contributed by atoms with Gasteiger partial charge in [0.05, 0.1) is 6.10 Å². The Balaban J connectivity index is 4.07. The molecule has 0 fully saturated rings. The van der Waals surface area contributed by atoms with E-state index in [0.29, 0.717) is 0 Å². The molecule has 0 heterocycles. The minimum atomic E-state index is -3.86. The van der Waals surface area contributed by atoms with Gasteiger partial charge in [0.15, 0.2) is 6.79 Å². The van der Waals surface area contributed by atoms with Crippen molar-refractivity contribution < 1.29 is 22.8 Å². The molecule has 2 atom stereocenters. The Hall–Kier alpha value is -0.210. The van der Waals surface area contributed by atoms with E-state index in [9.17, 15) is 8.42 Å². The molecule has 0 aliphatic carbocycles. The van der Waals surface area contributed by atoms with Crippen molar-refractivity contribution in [2.75, 3.05) is 12.5 Å². The SMILES string of the molecule is CC(N)C(O)CS(=O)(=O)OCO. The number of aliphatic hydroxyl groups excluding tert-OH is 2. The van der Waals surface area contributed by atoms with Crippen molar-refractivity contribution in [2.24, 2.45) is 5.73 Å². The van der Waals surface area contributed by atoms with E-state index >= 15 is 0 Å². The largest absolute Gasteiger partial charge is 0.390 e. The summed E-state index contributed by atoms with van der Waals surface area (Å²) in [6, 6.07) is -0.651. The molecule has 74 valence electrons. The second-order valence-corrected chi connectivity index (χ2v) is 4.08. The van der Waals surface area contributed by atoms with Gasteiger partial charge < -0.3 is 15.9 Å². The number of hydrogen-bond acceptors (Lipinski definition) is 6. The second-order valence-electron chi connectivity index (χ2n) is 2.40.